The second kappa shape index (κ2) is 8.94. The van der Waals surface area contributed by atoms with E-state index in [2.05, 4.69) is 0 Å². The lowest BCUT2D eigenvalue weighted by atomic mass is 9.82. The molecular weight excluding hydrogens is 410 g/mol. The predicted octanol–water partition coefficient (Wildman–Crippen LogP) is 4.31. The summed E-state index contributed by atoms with van der Waals surface area (Å²) in [6.07, 6.45) is 0. The van der Waals surface area contributed by atoms with E-state index in [9.17, 15) is 19.8 Å². The number of benzene rings is 2. The van der Waals surface area contributed by atoms with Gasteiger partial charge in [0, 0.05) is 12.0 Å². The van der Waals surface area contributed by atoms with Crippen LogP contribution in [0.15, 0.2) is 53.8 Å². The molecule has 0 saturated heterocycles. The summed E-state index contributed by atoms with van der Waals surface area (Å²) in [5.41, 5.74) is 0.564. The lowest BCUT2D eigenvalue weighted by molar-refractivity contribution is -0.130. The maximum absolute atomic E-state index is 13.3. The second-order valence-electron chi connectivity index (χ2n) is 8.69. The number of aromatic hydroxyl groups is 1. The number of carbonyl (C=O) groups excluding carboxylic acids is 2. The summed E-state index contributed by atoms with van der Waals surface area (Å²) in [6, 6.07) is 11.1. The molecule has 2 N–H and O–H groups in total. The molecule has 1 aliphatic rings. The molecule has 1 unspecified atom stereocenters. The Balaban J connectivity index is 2.13. The molecule has 0 bridgehead atoms. The Morgan fingerprint density at radius 1 is 1.12 bits per heavy atom. The van der Waals surface area contributed by atoms with Crippen molar-refractivity contribution in [3.05, 3.63) is 64.9 Å². The molecule has 7 heteroatoms. The Kier molecular flexibility index (Phi) is 6.48. The maximum atomic E-state index is 13.3. The second-order valence-corrected chi connectivity index (χ2v) is 8.69. The monoisotopic (exact) mass is 439 g/mol. The van der Waals surface area contributed by atoms with E-state index in [1.54, 1.807) is 59.1 Å². The lowest BCUT2D eigenvalue weighted by Crippen LogP contribution is -2.32. The molecule has 1 heterocycles. The molecule has 0 saturated carbocycles. The first kappa shape index (κ1) is 23.2. The Hall–Kier alpha value is -3.48. The minimum absolute atomic E-state index is 0.0403. The average molecular weight is 440 g/mol. The first-order valence-electron chi connectivity index (χ1n) is 10.5. The van der Waals surface area contributed by atoms with Gasteiger partial charge in [0.25, 0.3) is 5.91 Å². The molecule has 0 aliphatic carbocycles. The zero-order valence-electron chi connectivity index (χ0n) is 19.0. The van der Waals surface area contributed by atoms with Crippen molar-refractivity contribution in [1.29, 1.82) is 0 Å². The van der Waals surface area contributed by atoms with Crippen molar-refractivity contribution in [3.8, 4) is 17.2 Å². The molecule has 0 spiro atoms. The van der Waals surface area contributed by atoms with Gasteiger partial charge in [-0.15, -0.1) is 0 Å². The van der Waals surface area contributed by atoms with Crippen LogP contribution in [0.25, 0.3) is 0 Å². The Morgan fingerprint density at radius 3 is 2.47 bits per heavy atom. The number of Topliss-reactive ketones (excluding diaryl/α,β-unsaturated/α-hetero) is 1. The number of ketones is 1. The van der Waals surface area contributed by atoms with E-state index in [1.807, 2.05) is 12.1 Å². The summed E-state index contributed by atoms with van der Waals surface area (Å²) in [4.78, 5) is 27.9. The number of aliphatic hydroxyl groups is 1. The van der Waals surface area contributed by atoms with Crippen molar-refractivity contribution in [2.45, 2.75) is 40.3 Å². The van der Waals surface area contributed by atoms with Gasteiger partial charge in [-0.3, -0.25) is 9.59 Å². The van der Waals surface area contributed by atoms with Crippen LogP contribution < -0.4 is 9.47 Å². The third-order valence-corrected chi connectivity index (χ3v) is 5.32. The van der Waals surface area contributed by atoms with E-state index in [4.69, 9.17) is 9.47 Å². The summed E-state index contributed by atoms with van der Waals surface area (Å²) in [6.45, 7) is 7.50. The van der Waals surface area contributed by atoms with Crippen LogP contribution in [0.5, 0.6) is 17.2 Å². The molecule has 2 aromatic rings. The summed E-state index contributed by atoms with van der Waals surface area (Å²) < 4.78 is 10.8. The molecule has 7 nitrogen and oxygen atoms in total. The van der Waals surface area contributed by atoms with Gasteiger partial charge in [-0.2, -0.15) is 0 Å². The number of rotatable bonds is 7. The standard InChI is InChI=1S/C25H29NO6/c1-6-32-19-13-16(10-11-18(19)27)21-20(23(29)25(2,3)4)22(28)24(30)26(21)14-15-8-7-9-17(12-15)31-5/h7-13,21,27-28H,6,14H2,1-5H3. The van der Waals surface area contributed by atoms with Gasteiger partial charge < -0.3 is 24.6 Å². The van der Waals surface area contributed by atoms with Crippen LogP contribution >= 0.6 is 0 Å². The first-order chi connectivity index (χ1) is 15.1. The normalized spacial score (nSPS) is 16.5. The highest BCUT2D eigenvalue weighted by Crippen LogP contribution is 2.43. The summed E-state index contributed by atoms with van der Waals surface area (Å²) in [7, 11) is 1.56. The molecule has 3 rings (SSSR count). The molecule has 0 fully saturated rings. The number of ether oxygens (including phenoxy) is 2. The van der Waals surface area contributed by atoms with Crippen LogP contribution in [0, 0.1) is 5.41 Å². The Morgan fingerprint density at radius 2 is 1.84 bits per heavy atom. The van der Waals surface area contributed by atoms with E-state index in [0.717, 1.165) is 5.56 Å². The molecule has 1 amide bonds. The van der Waals surface area contributed by atoms with Crippen molar-refractivity contribution in [2.24, 2.45) is 5.41 Å². The fourth-order valence-corrected chi connectivity index (χ4v) is 3.74. The Labute approximate surface area is 187 Å². The van der Waals surface area contributed by atoms with Crippen molar-refractivity contribution in [3.63, 3.8) is 0 Å². The summed E-state index contributed by atoms with van der Waals surface area (Å²) in [5, 5.41) is 20.9. The van der Waals surface area contributed by atoms with Crippen molar-refractivity contribution < 1.29 is 29.3 Å². The molecule has 170 valence electrons. The zero-order valence-corrected chi connectivity index (χ0v) is 19.0. The fraction of sp³-hybridized carbons (Fsp3) is 0.360. The number of carbonyl (C=O) groups is 2. The highest BCUT2D eigenvalue weighted by molar-refractivity contribution is 6.10. The number of nitrogens with zero attached hydrogens (tertiary/aromatic N) is 1. The van der Waals surface area contributed by atoms with Gasteiger partial charge in [0.15, 0.2) is 23.0 Å². The molecule has 0 radical (unpaired) electrons. The average Bonchev–Trinajstić information content (AvgIpc) is 2.99. The Bertz CT molecular complexity index is 1070. The number of methoxy groups -OCH3 is 1. The van der Waals surface area contributed by atoms with Gasteiger partial charge in [0.2, 0.25) is 0 Å². The number of hydrogen-bond acceptors (Lipinski definition) is 6. The molecular formula is C25H29NO6. The minimum Gasteiger partial charge on any atom is -0.504 e. The van der Waals surface area contributed by atoms with Crippen molar-refractivity contribution in [1.82, 2.24) is 4.90 Å². The van der Waals surface area contributed by atoms with E-state index in [1.165, 1.54) is 11.0 Å². The number of aliphatic hydroxyl groups excluding tert-OH is 1. The number of phenolic OH excluding ortho intramolecular Hbond substituents is 1. The lowest BCUT2D eigenvalue weighted by Gasteiger charge is -2.29. The number of phenols is 1. The molecule has 1 atom stereocenters. The van der Waals surface area contributed by atoms with Gasteiger partial charge in [0.1, 0.15) is 5.75 Å². The van der Waals surface area contributed by atoms with Crippen LogP contribution in [-0.2, 0) is 16.1 Å². The van der Waals surface area contributed by atoms with Crippen LogP contribution in [-0.4, -0.2) is 40.5 Å². The topological polar surface area (TPSA) is 96.3 Å². The van der Waals surface area contributed by atoms with E-state index in [0.29, 0.717) is 17.9 Å². The third kappa shape index (κ3) is 4.42. The van der Waals surface area contributed by atoms with Gasteiger partial charge in [0.05, 0.1) is 25.3 Å². The SMILES string of the molecule is CCOc1cc(C2C(C(=O)C(C)(C)C)=C(O)C(=O)N2Cc2cccc(OC)c2)ccc1O. The van der Waals surface area contributed by atoms with Crippen LogP contribution in [0.2, 0.25) is 0 Å². The fourth-order valence-electron chi connectivity index (χ4n) is 3.74. The highest BCUT2D eigenvalue weighted by Gasteiger charge is 2.46. The molecule has 2 aromatic carbocycles. The third-order valence-electron chi connectivity index (χ3n) is 5.32. The minimum atomic E-state index is -0.833. The van der Waals surface area contributed by atoms with Crippen LogP contribution in [0.1, 0.15) is 44.9 Å². The van der Waals surface area contributed by atoms with Gasteiger partial charge in [-0.1, -0.05) is 39.0 Å². The largest absolute Gasteiger partial charge is 0.504 e. The molecule has 32 heavy (non-hydrogen) atoms. The first-order valence-corrected chi connectivity index (χ1v) is 10.5. The number of hydrogen-bond donors (Lipinski definition) is 2. The maximum Gasteiger partial charge on any atom is 0.290 e. The smallest absolute Gasteiger partial charge is 0.290 e. The van der Waals surface area contributed by atoms with Crippen LogP contribution in [0.4, 0.5) is 0 Å². The molecule has 0 aromatic heterocycles. The van der Waals surface area contributed by atoms with E-state index in [-0.39, 0.29) is 29.4 Å². The highest BCUT2D eigenvalue weighted by atomic mass is 16.5. The van der Waals surface area contributed by atoms with E-state index >= 15 is 0 Å². The van der Waals surface area contributed by atoms with Crippen LogP contribution in [0.3, 0.4) is 0 Å². The summed E-state index contributed by atoms with van der Waals surface area (Å²) in [5.74, 6) is -0.672. The van der Waals surface area contributed by atoms with Gasteiger partial charge in [-0.25, -0.2) is 0 Å². The quantitative estimate of drug-likeness (QED) is 0.667. The molecule has 1 aliphatic heterocycles. The van der Waals surface area contributed by atoms with Crippen molar-refractivity contribution >= 4 is 11.7 Å². The number of amides is 1. The van der Waals surface area contributed by atoms with Gasteiger partial charge >= 0.3 is 0 Å². The van der Waals surface area contributed by atoms with Gasteiger partial charge in [-0.05, 0) is 42.3 Å². The zero-order chi connectivity index (χ0) is 23.6. The van der Waals surface area contributed by atoms with Crippen molar-refractivity contribution in [2.75, 3.05) is 13.7 Å². The predicted molar refractivity (Wildman–Crippen MR) is 120 cm³/mol. The van der Waals surface area contributed by atoms with E-state index < -0.39 is 23.1 Å². The summed E-state index contributed by atoms with van der Waals surface area (Å²) >= 11 is 0.